The van der Waals surface area contributed by atoms with Crippen molar-refractivity contribution in [2.75, 3.05) is 6.54 Å². The van der Waals surface area contributed by atoms with Crippen LogP contribution >= 0.6 is 0 Å². The lowest BCUT2D eigenvalue weighted by atomic mass is 10.2. The summed E-state index contributed by atoms with van der Waals surface area (Å²) in [5, 5.41) is 12.4. The average Bonchev–Trinajstić information content (AvgIpc) is 2.35. The van der Waals surface area contributed by atoms with Crippen molar-refractivity contribution in [3.8, 4) is 0 Å². The number of carbonyl (C=O) groups is 1. The van der Waals surface area contributed by atoms with E-state index in [4.69, 9.17) is 10.1 Å². The van der Waals surface area contributed by atoms with Crippen LogP contribution in [0.2, 0.25) is 0 Å². The first-order valence-electron chi connectivity index (χ1n) is 5.52. The minimum absolute atomic E-state index is 0.0371. The normalized spacial score (nSPS) is 9.47. The van der Waals surface area contributed by atoms with Crippen molar-refractivity contribution < 1.29 is 9.53 Å². The molecule has 3 N–H and O–H groups in total. The Morgan fingerprint density at radius 1 is 1.35 bits per heavy atom. The van der Waals surface area contributed by atoms with E-state index >= 15 is 0 Å². The Labute approximate surface area is 101 Å². The summed E-state index contributed by atoms with van der Waals surface area (Å²) in [5.74, 6) is -0.0371. The number of hydrogen-bond donors (Lipinski definition) is 3. The van der Waals surface area contributed by atoms with Gasteiger partial charge in [0.2, 0.25) is 0 Å². The zero-order valence-electron chi connectivity index (χ0n) is 9.82. The Kier molecular flexibility index (Phi) is 5.57. The summed E-state index contributed by atoms with van der Waals surface area (Å²) in [6.07, 6.45) is 0.269. The summed E-state index contributed by atoms with van der Waals surface area (Å²) in [4.78, 5) is 11.3. The molecule has 0 aliphatic carbocycles. The van der Waals surface area contributed by atoms with Crippen molar-refractivity contribution in [2.45, 2.75) is 20.0 Å². The van der Waals surface area contributed by atoms with Crippen LogP contribution in [-0.2, 0) is 11.3 Å². The maximum Gasteiger partial charge on any atom is 0.414 e. The Morgan fingerprint density at radius 2 is 2.06 bits per heavy atom. The smallest absolute Gasteiger partial charge is 0.414 e. The molecule has 1 aromatic rings. The van der Waals surface area contributed by atoms with Crippen molar-refractivity contribution >= 4 is 12.1 Å². The first kappa shape index (κ1) is 13.0. The van der Waals surface area contributed by atoms with E-state index in [2.05, 4.69) is 10.6 Å². The predicted octanol–water partition coefficient (Wildman–Crippen LogP) is 1.85. The number of nitrogens with one attached hydrogen (secondary N) is 3. The molecule has 0 saturated carbocycles. The monoisotopic (exact) mass is 235 g/mol. The third kappa shape index (κ3) is 5.55. The summed E-state index contributed by atoms with van der Waals surface area (Å²) in [6.45, 7) is 2.83. The second-order valence-electron chi connectivity index (χ2n) is 3.49. The molecule has 0 aliphatic rings. The molecule has 0 aliphatic heterocycles. The van der Waals surface area contributed by atoms with Gasteiger partial charge in [-0.25, -0.2) is 4.79 Å². The Hall–Kier alpha value is -2.04. The van der Waals surface area contributed by atoms with E-state index in [1.54, 1.807) is 0 Å². The molecule has 1 amide bonds. The molecule has 92 valence electrons. The molecule has 0 radical (unpaired) electrons. The zero-order valence-corrected chi connectivity index (χ0v) is 9.82. The Balaban J connectivity index is 2.24. The second kappa shape index (κ2) is 7.27. The van der Waals surface area contributed by atoms with Gasteiger partial charge in [-0.2, -0.15) is 0 Å². The number of amides is 1. The van der Waals surface area contributed by atoms with Gasteiger partial charge in [0.1, 0.15) is 6.61 Å². The highest BCUT2D eigenvalue weighted by Gasteiger charge is 2.04. The maximum absolute atomic E-state index is 11.3. The fraction of sp³-hybridized carbons (Fsp3) is 0.333. The van der Waals surface area contributed by atoms with E-state index in [0.717, 1.165) is 12.0 Å². The highest BCUT2D eigenvalue weighted by molar-refractivity contribution is 5.91. The quantitative estimate of drug-likeness (QED) is 0.550. The first-order chi connectivity index (χ1) is 8.22. The lowest BCUT2D eigenvalue weighted by Crippen LogP contribution is -2.40. The molecule has 1 aromatic carbocycles. The van der Waals surface area contributed by atoms with Gasteiger partial charge < -0.3 is 10.1 Å². The van der Waals surface area contributed by atoms with E-state index in [9.17, 15) is 4.79 Å². The van der Waals surface area contributed by atoms with Crippen molar-refractivity contribution in [2.24, 2.45) is 0 Å². The summed E-state index contributed by atoms with van der Waals surface area (Å²) < 4.78 is 4.95. The van der Waals surface area contributed by atoms with Crippen molar-refractivity contribution in [1.29, 1.82) is 5.41 Å². The van der Waals surface area contributed by atoms with Crippen LogP contribution in [0.5, 0.6) is 0 Å². The molecule has 5 nitrogen and oxygen atoms in total. The second-order valence-corrected chi connectivity index (χ2v) is 3.49. The number of alkyl carbamates (subject to hydrolysis) is 1. The highest BCUT2D eigenvalue weighted by Crippen LogP contribution is 2.00. The van der Waals surface area contributed by atoms with Crippen molar-refractivity contribution in [3.05, 3.63) is 35.9 Å². The van der Waals surface area contributed by atoms with E-state index in [1.807, 2.05) is 37.3 Å². The SMILES string of the molecule is CCCNC(=N)NC(=O)OCc1ccccc1. The standard InChI is InChI=1S/C12H17N3O2/c1-2-8-14-11(13)15-12(16)17-9-10-6-4-3-5-7-10/h3-7H,2,8-9H2,1H3,(H3,13,14,15,16). The van der Waals surface area contributed by atoms with E-state index < -0.39 is 6.09 Å². The zero-order chi connectivity index (χ0) is 12.5. The highest BCUT2D eigenvalue weighted by atomic mass is 16.5. The molecule has 0 fully saturated rings. The van der Waals surface area contributed by atoms with Crippen LogP contribution in [0.4, 0.5) is 4.79 Å². The lowest BCUT2D eigenvalue weighted by molar-refractivity contribution is 0.144. The third-order valence-electron chi connectivity index (χ3n) is 1.99. The van der Waals surface area contributed by atoms with Gasteiger partial charge in [0.25, 0.3) is 0 Å². The summed E-state index contributed by atoms with van der Waals surface area (Å²) >= 11 is 0. The summed E-state index contributed by atoms with van der Waals surface area (Å²) in [6, 6.07) is 9.39. The fourth-order valence-electron chi connectivity index (χ4n) is 1.16. The number of rotatable bonds is 4. The molecular formula is C12H17N3O2. The number of carbonyl (C=O) groups excluding carboxylic acids is 1. The molecule has 0 spiro atoms. The van der Waals surface area contributed by atoms with Crippen LogP contribution < -0.4 is 10.6 Å². The van der Waals surface area contributed by atoms with E-state index in [1.165, 1.54) is 0 Å². The van der Waals surface area contributed by atoms with Gasteiger partial charge in [0.15, 0.2) is 5.96 Å². The van der Waals surface area contributed by atoms with Crippen LogP contribution in [0.1, 0.15) is 18.9 Å². The molecule has 5 heteroatoms. The molecular weight excluding hydrogens is 218 g/mol. The van der Waals surface area contributed by atoms with Crippen LogP contribution in [0.25, 0.3) is 0 Å². The fourth-order valence-corrected chi connectivity index (χ4v) is 1.16. The van der Waals surface area contributed by atoms with Crippen LogP contribution in [0, 0.1) is 5.41 Å². The van der Waals surface area contributed by atoms with Crippen LogP contribution in [0.15, 0.2) is 30.3 Å². The average molecular weight is 235 g/mol. The molecule has 0 aromatic heterocycles. The van der Waals surface area contributed by atoms with Crippen molar-refractivity contribution in [1.82, 2.24) is 10.6 Å². The van der Waals surface area contributed by atoms with Gasteiger partial charge in [-0.05, 0) is 12.0 Å². The molecule has 0 saturated heterocycles. The number of guanidine groups is 1. The first-order valence-corrected chi connectivity index (χ1v) is 5.52. The third-order valence-corrected chi connectivity index (χ3v) is 1.99. The molecule has 0 bridgehead atoms. The van der Waals surface area contributed by atoms with Crippen LogP contribution in [0.3, 0.4) is 0 Å². The molecule has 17 heavy (non-hydrogen) atoms. The largest absolute Gasteiger partial charge is 0.444 e. The van der Waals surface area contributed by atoms with Gasteiger partial charge in [-0.3, -0.25) is 10.7 Å². The number of benzene rings is 1. The molecule has 0 unspecified atom stereocenters. The minimum Gasteiger partial charge on any atom is -0.444 e. The minimum atomic E-state index is -0.623. The topological polar surface area (TPSA) is 74.2 Å². The van der Waals surface area contributed by atoms with E-state index in [0.29, 0.717) is 6.54 Å². The lowest BCUT2D eigenvalue weighted by Gasteiger charge is -2.09. The molecule has 1 rings (SSSR count). The van der Waals surface area contributed by atoms with Gasteiger partial charge in [0, 0.05) is 6.54 Å². The van der Waals surface area contributed by atoms with Gasteiger partial charge >= 0.3 is 6.09 Å². The molecule has 0 heterocycles. The Morgan fingerprint density at radius 3 is 2.71 bits per heavy atom. The maximum atomic E-state index is 11.3. The summed E-state index contributed by atoms with van der Waals surface area (Å²) in [7, 11) is 0. The number of ether oxygens (including phenoxy) is 1. The van der Waals surface area contributed by atoms with Gasteiger partial charge in [-0.15, -0.1) is 0 Å². The van der Waals surface area contributed by atoms with E-state index in [-0.39, 0.29) is 12.6 Å². The predicted molar refractivity (Wildman–Crippen MR) is 65.8 cm³/mol. The van der Waals surface area contributed by atoms with Crippen LogP contribution in [-0.4, -0.2) is 18.6 Å². The molecule has 0 atom stereocenters. The van der Waals surface area contributed by atoms with Gasteiger partial charge in [0.05, 0.1) is 0 Å². The Bertz CT molecular complexity index is 365. The number of hydrogen-bond acceptors (Lipinski definition) is 3. The summed E-state index contributed by atoms with van der Waals surface area (Å²) in [5.41, 5.74) is 0.913. The van der Waals surface area contributed by atoms with Crippen molar-refractivity contribution in [3.63, 3.8) is 0 Å². The van der Waals surface area contributed by atoms with Gasteiger partial charge in [-0.1, -0.05) is 37.3 Å².